The predicted molar refractivity (Wildman–Crippen MR) is 54.4 cm³/mol. The minimum absolute atomic E-state index is 0.177. The van der Waals surface area contributed by atoms with E-state index in [1.54, 1.807) is 20.1 Å². The molecule has 0 unspecified atom stereocenters. The molecule has 0 aliphatic heterocycles. The Balaban J connectivity index is 2.66. The van der Waals surface area contributed by atoms with Crippen molar-refractivity contribution in [3.8, 4) is 5.75 Å². The third-order valence-corrected chi connectivity index (χ3v) is 1.98. The Bertz CT molecular complexity index is 313. The van der Waals surface area contributed by atoms with Gasteiger partial charge >= 0.3 is 0 Å². The molecule has 0 aromatic heterocycles. The van der Waals surface area contributed by atoms with E-state index in [-0.39, 0.29) is 5.75 Å². The molecule has 0 amide bonds. The van der Waals surface area contributed by atoms with Crippen molar-refractivity contribution in [1.29, 1.82) is 0 Å². The molecule has 1 aromatic rings. The molecular formula is C11H15FO3. The van der Waals surface area contributed by atoms with Gasteiger partial charge in [-0.2, -0.15) is 0 Å². The van der Waals surface area contributed by atoms with E-state index in [0.29, 0.717) is 18.8 Å². The molecule has 1 atom stereocenters. The van der Waals surface area contributed by atoms with Gasteiger partial charge in [-0.25, -0.2) is 4.39 Å². The zero-order valence-corrected chi connectivity index (χ0v) is 8.87. The minimum atomic E-state index is -0.674. The molecule has 0 saturated heterocycles. The molecule has 15 heavy (non-hydrogen) atoms. The van der Waals surface area contributed by atoms with Crippen molar-refractivity contribution in [1.82, 2.24) is 0 Å². The molecule has 3 nitrogen and oxygen atoms in total. The first-order valence-corrected chi connectivity index (χ1v) is 4.74. The molecule has 1 rings (SSSR count). The van der Waals surface area contributed by atoms with Crippen LogP contribution in [-0.2, 0) is 4.74 Å². The summed E-state index contributed by atoms with van der Waals surface area (Å²) in [6.07, 6.45) is -0.674. The first kappa shape index (κ1) is 11.9. The van der Waals surface area contributed by atoms with Gasteiger partial charge in [0.05, 0.1) is 12.7 Å². The maximum atomic E-state index is 13.4. The Kier molecular flexibility index (Phi) is 4.52. The monoisotopic (exact) mass is 214 g/mol. The van der Waals surface area contributed by atoms with Crippen molar-refractivity contribution in [3.63, 3.8) is 0 Å². The van der Waals surface area contributed by atoms with Crippen LogP contribution >= 0.6 is 0 Å². The van der Waals surface area contributed by atoms with Gasteiger partial charge < -0.3 is 14.6 Å². The van der Waals surface area contributed by atoms with Crippen LogP contribution in [0.25, 0.3) is 0 Å². The summed E-state index contributed by atoms with van der Waals surface area (Å²) >= 11 is 0. The third-order valence-electron chi connectivity index (χ3n) is 1.98. The van der Waals surface area contributed by atoms with Crippen molar-refractivity contribution < 1.29 is 19.0 Å². The van der Waals surface area contributed by atoms with Crippen LogP contribution in [0.5, 0.6) is 5.75 Å². The van der Waals surface area contributed by atoms with Crippen LogP contribution in [0.3, 0.4) is 0 Å². The molecule has 1 N–H and O–H groups in total. The predicted octanol–water partition coefficient (Wildman–Crippen LogP) is 1.90. The summed E-state index contributed by atoms with van der Waals surface area (Å²) in [6.45, 7) is 2.30. The number of rotatable bonds is 5. The van der Waals surface area contributed by atoms with Crippen LogP contribution in [0.1, 0.15) is 18.6 Å². The topological polar surface area (TPSA) is 38.7 Å². The summed E-state index contributed by atoms with van der Waals surface area (Å²) in [5.74, 6) is -0.291. The number of hydrogen-bond acceptors (Lipinski definition) is 3. The number of hydrogen-bond donors (Lipinski definition) is 1. The van der Waals surface area contributed by atoms with Crippen LogP contribution in [0.4, 0.5) is 4.39 Å². The van der Waals surface area contributed by atoms with E-state index < -0.39 is 11.9 Å². The fourth-order valence-corrected chi connectivity index (χ4v) is 1.13. The van der Waals surface area contributed by atoms with Crippen molar-refractivity contribution in [2.45, 2.75) is 13.0 Å². The molecule has 0 heterocycles. The highest BCUT2D eigenvalue weighted by atomic mass is 19.1. The van der Waals surface area contributed by atoms with Crippen molar-refractivity contribution >= 4 is 0 Å². The molecule has 0 radical (unpaired) electrons. The zero-order chi connectivity index (χ0) is 11.3. The Labute approximate surface area is 88.4 Å². The Morgan fingerprint density at radius 1 is 1.40 bits per heavy atom. The SMILES string of the molecule is COCCOc1ccc([C@@H](C)O)cc1F. The van der Waals surface area contributed by atoms with Crippen molar-refractivity contribution in [3.05, 3.63) is 29.6 Å². The molecular weight excluding hydrogens is 199 g/mol. The van der Waals surface area contributed by atoms with E-state index in [9.17, 15) is 9.50 Å². The zero-order valence-electron chi connectivity index (χ0n) is 8.87. The van der Waals surface area contributed by atoms with E-state index in [1.807, 2.05) is 0 Å². The van der Waals surface area contributed by atoms with E-state index in [4.69, 9.17) is 9.47 Å². The summed E-state index contributed by atoms with van der Waals surface area (Å²) < 4.78 is 23.3. The molecule has 0 aliphatic rings. The lowest BCUT2D eigenvalue weighted by atomic mass is 10.1. The van der Waals surface area contributed by atoms with Crippen molar-refractivity contribution in [2.24, 2.45) is 0 Å². The molecule has 84 valence electrons. The van der Waals surface area contributed by atoms with Gasteiger partial charge in [0.1, 0.15) is 6.61 Å². The quantitative estimate of drug-likeness (QED) is 0.761. The molecule has 0 fully saturated rings. The fraction of sp³-hybridized carbons (Fsp3) is 0.455. The summed E-state index contributed by atoms with van der Waals surface area (Å²) in [5, 5.41) is 9.23. The number of methoxy groups -OCH3 is 1. The normalized spacial score (nSPS) is 12.5. The highest BCUT2D eigenvalue weighted by molar-refractivity contribution is 5.30. The van der Waals surface area contributed by atoms with E-state index in [2.05, 4.69) is 0 Å². The van der Waals surface area contributed by atoms with Crippen LogP contribution in [0.15, 0.2) is 18.2 Å². The Morgan fingerprint density at radius 2 is 2.13 bits per heavy atom. The summed E-state index contributed by atoms with van der Waals surface area (Å²) in [6, 6.07) is 4.41. The highest BCUT2D eigenvalue weighted by Gasteiger charge is 2.07. The largest absolute Gasteiger partial charge is 0.488 e. The lowest BCUT2D eigenvalue weighted by Crippen LogP contribution is -2.05. The summed E-state index contributed by atoms with van der Waals surface area (Å²) in [4.78, 5) is 0. The maximum absolute atomic E-state index is 13.4. The second-order valence-electron chi connectivity index (χ2n) is 3.21. The van der Waals surface area contributed by atoms with Crippen LogP contribution in [0, 0.1) is 5.82 Å². The lowest BCUT2D eigenvalue weighted by Gasteiger charge is -2.09. The molecule has 0 saturated carbocycles. The number of halogens is 1. The van der Waals surface area contributed by atoms with Gasteiger partial charge in [0, 0.05) is 7.11 Å². The average Bonchev–Trinajstić information content (AvgIpc) is 2.20. The second kappa shape index (κ2) is 5.68. The van der Waals surface area contributed by atoms with Gasteiger partial charge in [0.15, 0.2) is 11.6 Å². The van der Waals surface area contributed by atoms with Crippen LogP contribution in [-0.4, -0.2) is 25.4 Å². The van der Waals surface area contributed by atoms with Gasteiger partial charge in [0.2, 0.25) is 0 Å². The molecule has 0 bridgehead atoms. The van der Waals surface area contributed by atoms with Gasteiger partial charge in [-0.15, -0.1) is 0 Å². The molecule has 0 aliphatic carbocycles. The second-order valence-corrected chi connectivity index (χ2v) is 3.21. The Hall–Kier alpha value is -1.13. The third kappa shape index (κ3) is 3.49. The van der Waals surface area contributed by atoms with Crippen molar-refractivity contribution in [2.75, 3.05) is 20.3 Å². The molecule has 0 spiro atoms. The highest BCUT2D eigenvalue weighted by Crippen LogP contribution is 2.21. The van der Waals surface area contributed by atoms with Crippen LogP contribution in [0.2, 0.25) is 0 Å². The van der Waals surface area contributed by atoms with E-state index in [0.717, 1.165) is 0 Å². The standard InChI is InChI=1S/C11H15FO3/c1-8(13)9-3-4-11(10(12)7-9)15-6-5-14-2/h3-4,7-8,13H,5-6H2,1-2H3/t8-/m1/s1. The summed E-state index contributed by atoms with van der Waals surface area (Å²) in [7, 11) is 1.55. The number of aliphatic hydroxyl groups excluding tert-OH is 1. The minimum Gasteiger partial charge on any atom is -0.488 e. The Morgan fingerprint density at radius 3 is 2.67 bits per heavy atom. The fourth-order valence-electron chi connectivity index (χ4n) is 1.13. The van der Waals surface area contributed by atoms with E-state index in [1.165, 1.54) is 12.1 Å². The first-order chi connectivity index (χ1) is 7.15. The lowest BCUT2D eigenvalue weighted by molar-refractivity contribution is 0.143. The number of benzene rings is 1. The summed E-state index contributed by atoms with van der Waals surface area (Å²) in [5.41, 5.74) is 0.534. The van der Waals surface area contributed by atoms with Gasteiger partial charge in [-0.3, -0.25) is 0 Å². The number of aliphatic hydroxyl groups is 1. The maximum Gasteiger partial charge on any atom is 0.165 e. The van der Waals surface area contributed by atoms with Gasteiger partial charge in [-0.05, 0) is 24.6 Å². The smallest absolute Gasteiger partial charge is 0.165 e. The molecule has 4 heteroatoms. The molecule has 1 aromatic carbocycles. The number of ether oxygens (including phenoxy) is 2. The van der Waals surface area contributed by atoms with Gasteiger partial charge in [0.25, 0.3) is 0 Å². The van der Waals surface area contributed by atoms with Crippen LogP contribution < -0.4 is 4.74 Å². The van der Waals surface area contributed by atoms with E-state index >= 15 is 0 Å². The van der Waals surface area contributed by atoms with Gasteiger partial charge in [-0.1, -0.05) is 6.07 Å². The first-order valence-electron chi connectivity index (χ1n) is 4.74. The average molecular weight is 214 g/mol.